The standard InChI is InChI=1S/C28H29N3O4/c1-19-7-9-23(10-8-19)30-26(32)18-35-25-13-11-24(12-14-25)31-17-22(15-27(31)33)28(34)29-16-21-6-4-3-5-20(21)2/h3-14,22H,15-18H2,1-2H3,(H,29,34)(H,30,32)/t22-/m0/s1. The number of hydrogen-bond acceptors (Lipinski definition) is 4. The fourth-order valence-electron chi connectivity index (χ4n) is 3.97. The molecule has 3 aromatic carbocycles. The molecule has 0 unspecified atom stereocenters. The van der Waals surface area contributed by atoms with Crippen molar-refractivity contribution in [3.8, 4) is 5.75 Å². The van der Waals surface area contributed by atoms with Gasteiger partial charge in [-0.3, -0.25) is 14.4 Å². The Kier molecular flexibility index (Phi) is 7.45. The molecule has 0 saturated carbocycles. The quantitative estimate of drug-likeness (QED) is 0.520. The highest BCUT2D eigenvalue weighted by Crippen LogP contribution is 2.27. The molecule has 1 atom stereocenters. The summed E-state index contributed by atoms with van der Waals surface area (Å²) in [7, 11) is 0. The van der Waals surface area contributed by atoms with Gasteiger partial charge < -0.3 is 20.3 Å². The molecule has 1 fully saturated rings. The van der Waals surface area contributed by atoms with Crippen LogP contribution in [0.25, 0.3) is 0 Å². The first-order valence-corrected chi connectivity index (χ1v) is 11.6. The third kappa shape index (κ3) is 6.26. The Balaban J connectivity index is 1.27. The largest absolute Gasteiger partial charge is 0.484 e. The Morgan fingerprint density at radius 2 is 1.69 bits per heavy atom. The summed E-state index contributed by atoms with van der Waals surface area (Å²) in [5.41, 5.74) is 4.70. The zero-order chi connectivity index (χ0) is 24.8. The van der Waals surface area contributed by atoms with E-state index in [1.165, 1.54) is 0 Å². The number of rotatable bonds is 8. The first-order chi connectivity index (χ1) is 16.9. The minimum absolute atomic E-state index is 0.0906. The molecule has 0 aliphatic carbocycles. The summed E-state index contributed by atoms with van der Waals surface area (Å²) in [6.07, 6.45) is 0.178. The molecule has 180 valence electrons. The molecule has 7 nitrogen and oxygen atoms in total. The van der Waals surface area contributed by atoms with E-state index in [1.807, 2.05) is 62.4 Å². The SMILES string of the molecule is Cc1ccc(NC(=O)COc2ccc(N3C[C@@H](C(=O)NCc4ccccc4C)CC3=O)cc2)cc1. The number of nitrogens with zero attached hydrogens (tertiary/aromatic N) is 1. The number of hydrogen-bond donors (Lipinski definition) is 2. The minimum atomic E-state index is -0.395. The van der Waals surface area contributed by atoms with Crippen molar-refractivity contribution in [1.82, 2.24) is 5.32 Å². The number of amides is 3. The van der Waals surface area contributed by atoms with Gasteiger partial charge in [-0.2, -0.15) is 0 Å². The Labute approximate surface area is 205 Å². The second kappa shape index (κ2) is 10.9. The molecule has 35 heavy (non-hydrogen) atoms. The van der Waals surface area contributed by atoms with Gasteiger partial charge in [0.1, 0.15) is 5.75 Å². The van der Waals surface area contributed by atoms with Gasteiger partial charge in [0.2, 0.25) is 11.8 Å². The monoisotopic (exact) mass is 471 g/mol. The van der Waals surface area contributed by atoms with E-state index in [0.29, 0.717) is 30.2 Å². The Bertz CT molecular complexity index is 1210. The van der Waals surface area contributed by atoms with Crippen molar-refractivity contribution in [2.75, 3.05) is 23.4 Å². The van der Waals surface area contributed by atoms with Gasteiger partial charge in [0, 0.05) is 30.9 Å². The number of nitrogens with one attached hydrogen (secondary N) is 2. The van der Waals surface area contributed by atoms with Crippen LogP contribution in [0.2, 0.25) is 0 Å². The maximum absolute atomic E-state index is 12.7. The van der Waals surface area contributed by atoms with Crippen LogP contribution in [0, 0.1) is 19.8 Å². The van der Waals surface area contributed by atoms with Crippen molar-refractivity contribution in [3.05, 3.63) is 89.5 Å². The van der Waals surface area contributed by atoms with Gasteiger partial charge >= 0.3 is 0 Å². The van der Waals surface area contributed by atoms with Gasteiger partial charge in [-0.15, -0.1) is 0 Å². The topological polar surface area (TPSA) is 87.7 Å². The van der Waals surface area contributed by atoms with Crippen LogP contribution in [-0.2, 0) is 20.9 Å². The summed E-state index contributed by atoms with van der Waals surface area (Å²) in [4.78, 5) is 39.0. The lowest BCUT2D eigenvalue weighted by Crippen LogP contribution is -2.32. The van der Waals surface area contributed by atoms with Crippen LogP contribution >= 0.6 is 0 Å². The smallest absolute Gasteiger partial charge is 0.262 e. The third-order valence-electron chi connectivity index (χ3n) is 6.06. The highest BCUT2D eigenvalue weighted by molar-refractivity contribution is 6.00. The van der Waals surface area contributed by atoms with E-state index in [1.54, 1.807) is 29.2 Å². The zero-order valence-electron chi connectivity index (χ0n) is 19.9. The van der Waals surface area contributed by atoms with Crippen molar-refractivity contribution in [2.45, 2.75) is 26.8 Å². The second-order valence-electron chi connectivity index (χ2n) is 8.75. The molecule has 0 bridgehead atoms. The van der Waals surface area contributed by atoms with E-state index in [2.05, 4.69) is 10.6 Å². The van der Waals surface area contributed by atoms with Crippen LogP contribution in [0.3, 0.4) is 0 Å². The minimum Gasteiger partial charge on any atom is -0.484 e. The molecular formula is C28H29N3O4. The Morgan fingerprint density at radius 3 is 2.40 bits per heavy atom. The lowest BCUT2D eigenvalue weighted by molar-refractivity contribution is -0.126. The van der Waals surface area contributed by atoms with Gasteiger partial charge in [-0.05, 0) is 61.4 Å². The van der Waals surface area contributed by atoms with Crippen molar-refractivity contribution < 1.29 is 19.1 Å². The van der Waals surface area contributed by atoms with E-state index in [9.17, 15) is 14.4 Å². The van der Waals surface area contributed by atoms with E-state index < -0.39 is 5.92 Å². The van der Waals surface area contributed by atoms with Crippen molar-refractivity contribution in [1.29, 1.82) is 0 Å². The van der Waals surface area contributed by atoms with Gasteiger partial charge in [0.25, 0.3) is 5.91 Å². The highest BCUT2D eigenvalue weighted by Gasteiger charge is 2.35. The molecule has 7 heteroatoms. The van der Waals surface area contributed by atoms with E-state index in [0.717, 1.165) is 16.7 Å². The van der Waals surface area contributed by atoms with Crippen molar-refractivity contribution in [2.24, 2.45) is 5.92 Å². The molecule has 0 aromatic heterocycles. The third-order valence-corrected chi connectivity index (χ3v) is 6.06. The maximum Gasteiger partial charge on any atom is 0.262 e. The number of benzene rings is 3. The molecule has 0 spiro atoms. The second-order valence-corrected chi connectivity index (χ2v) is 8.75. The van der Waals surface area contributed by atoms with E-state index >= 15 is 0 Å². The summed E-state index contributed by atoms with van der Waals surface area (Å²) in [5.74, 6) is -0.345. The summed E-state index contributed by atoms with van der Waals surface area (Å²) >= 11 is 0. The molecule has 1 aliphatic heterocycles. The average molecular weight is 472 g/mol. The number of carbonyl (C=O) groups excluding carboxylic acids is 3. The lowest BCUT2D eigenvalue weighted by Gasteiger charge is -2.17. The molecule has 3 aromatic rings. The van der Waals surface area contributed by atoms with Gasteiger partial charge in [0.05, 0.1) is 5.92 Å². The van der Waals surface area contributed by atoms with Gasteiger partial charge in [-0.25, -0.2) is 0 Å². The molecule has 1 heterocycles. The van der Waals surface area contributed by atoms with Crippen LogP contribution < -0.4 is 20.3 Å². The predicted molar refractivity (Wildman–Crippen MR) is 135 cm³/mol. The van der Waals surface area contributed by atoms with Crippen LogP contribution in [0.1, 0.15) is 23.1 Å². The molecule has 0 radical (unpaired) electrons. The molecular weight excluding hydrogens is 442 g/mol. The van der Waals surface area contributed by atoms with Gasteiger partial charge in [-0.1, -0.05) is 42.0 Å². The summed E-state index contributed by atoms with van der Waals surface area (Å²) in [6.45, 7) is 4.64. The highest BCUT2D eigenvalue weighted by atomic mass is 16.5. The summed E-state index contributed by atoms with van der Waals surface area (Å²) in [6, 6.07) is 22.4. The van der Waals surface area contributed by atoms with E-state index in [4.69, 9.17) is 4.74 Å². The van der Waals surface area contributed by atoms with Crippen molar-refractivity contribution in [3.63, 3.8) is 0 Å². The normalized spacial score (nSPS) is 15.1. The number of carbonyl (C=O) groups is 3. The first-order valence-electron chi connectivity index (χ1n) is 11.6. The fourth-order valence-corrected chi connectivity index (χ4v) is 3.97. The first kappa shape index (κ1) is 24.0. The molecule has 1 saturated heterocycles. The van der Waals surface area contributed by atoms with E-state index in [-0.39, 0.29) is 30.7 Å². The molecule has 4 rings (SSSR count). The van der Waals surface area contributed by atoms with Gasteiger partial charge in [0.15, 0.2) is 6.61 Å². The van der Waals surface area contributed by atoms with Crippen LogP contribution in [-0.4, -0.2) is 30.9 Å². The molecule has 3 amide bonds. The average Bonchev–Trinajstić information content (AvgIpc) is 3.25. The number of aryl methyl sites for hydroxylation is 2. The lowest BCUT2D eigenvalue weighted by atomic mass is 10.1. The number of anilines is 2. The fraction of sp³-hybridized carbons (Fsp3) is 0.250. The summed E-state index contributed by atoms with van der Waals surface area (Å²) < 4.78 is 5.57. The predicted octanol–water partition coefficient (Wildman–Crippen LogP) is 3.99. The van der Waals surface area contributed by atoms with Crippen molar-refractivity contribution >= 4 is 29.1 Å². The van der Waals surface area contributed by atoms with Crippen LogP contribution in [0.15, 0.2) is 72.8 Å². The Morgan fingerprint density at radius 1 is 0.971 bits per heavy atom. The number of ether oxygens (including phenoxy) is 1. The van der Waals surface area contributed by atoms with Crippen LogP contribution in [0.4, 0.5) is 11.4 Å². The molecule has 2 N–H and O–H groups in total. The van der Waals surface area contributed by atoms with Crippen LogP contribution in [0.5, 0.6) is 5.75 Å². The summed E-state index contributed by atoms with van der Waals surface area (Å²) in [5, 5.41) is 5.74. The maximum atomic E-state index is 12.7. The Hall–Kier alpha value is -4.13. The zero-order valence-corrected chi connectivity index (χ0v) is 19.9. The molecule has 1 aliphatic rings.